The summed E-state index contributed by atoms with van der Waals surface area (Å²) in [5.74, 6) is 2.06. The van der Waals surface area contributed by atoms with Crippen LogP contribution in [-0.2, 0) is 14.2 Å². The van der Waals surface area contributed by atoms with E-state index in [1.807, 2.05) is 14.1 Å². The van der Waals surface area contributed by atoms with Gasteiger partial charge in [-0.15, -0.1) is 0 Å². The molecule has 6 N–H and O–H groups in total. The van der Waals surface area contributed by atoms with E-state index in [0.717, 1.165) is 6.92 Å². The SMILES string of the molecule is CC(=O)N[C@@H](C=O)[C@@H](O)[C@@H](O)[C@H](O)CO.C[N+](C)(C#P=O)CCO. The quantitative estimate of drug-likeness (QED) is 0.150. The second-order valence-electron chi connectivity index (χ2n) is 5.42. The predicted molar refractivity (Wildman–Crippen MR) is 84.3 cm³/mol. The van der Waals surface area contributed by atoms with Gasteiger partial charge in [-0.25, -0.2) is 0 Å². The average Bonchev–Trinajstić information content (AvgIpc) is 2.50. The molecule has 0 aromatic heterocycles. The van der Waals surface area contributed by atoms with Crippen molar-refractivity contribution in [1.82, 2.24) is 5.32 Å². The number of amides is 1. The van der Waals surface area contributed by atoms with Crippen LogP contribution in [-0.4, -0.2) is 100 Å². The van der Waals surface area contributed by atoms with Crippen LogP contribution >= 0.6 is 7.92 Å². The number of aliphatic hydroxyl groups is 5. The number of hydrogen-bond donors (Lipinski definition) is 6. The molecule has 0 rings (SSSR count). The molecule has 140 valence electrons. The van der Waals surface area contributed by atoms with E-state index in [0.29, 0.717) is 11.0 Å². The first-order chi connectivity index (χ1) is 11.1. The molecular formula is C13H26N2O8P+. The van der Waals surface area contributed by atoms with Crippen LogP contribution in [0.25, 0.3) is 0 Å². The van der Waals surface area contributed by atoms with Crippen LogP contribution in [0, 0.1) is 5.75 Å². The molecule has 0 bridgehead atoms. The predicted octanol–water partition coefficient (Wildman–Crippen LogP) is -2.97. The van der Waals surface area contributed by atoms with Gasteiger partial charge in [-0.3, -0.25) is 4.79 Å². The van der Waals surface area contributed by atoms with Gasteiger partial charge in [0.15, 0.2) is 0 Å². The van der Waals surface area contributed by atoms with E-state index >= 15 is 0 Å². The van der Waals surface area contributed by atoms with Gasteiger partial charge in [0, 0.05) is 6.92 Å². The summed E-state index contributed by atoms with van der Waals surface area (Å²) in [5, 5.41) is 46.6. The van der Waals surface area contributed by atoms with E-state index in [1.54, 1.807) is 0 Å². The number of carbonyl (C=O) groups is 2. The number of aldehydes is 1. The second-order valence-corrected chi connectivity index (χ2v) is 5.80. The molecule has 24 heavy (non-hydrogen) atoms. The minimum absolute atomic E-state index is 0.0928. The van der Waals surface area contributed by atoms with Gasteiger partial charge in [0.05, 0.1) is 6.61 Å². The van der Waals surface area contributed by atoms with Crippen molar-refractivity contribution in [2.75, 3.05) is 33.9 Å². The fourth-order valence-electron chi connectivity index (χ4n) is 1.39. The molecule has 0 saturated carbocycles. The zero-order chi connectivity index (χ0) is 19.3. The van der Waals surface area contributed by atoms with Gasteiger partial charge in [-0.05, 0) is 0 Å². The van der Waals surface area contributed by atoms with Crippen molar-refractivity contribution in [3.8, 4) is 5.75 Å². The van der Waals surface area contributed by atoms with Crippen LogP contribution in [0.15, 0.2) is 0 Å². The van der Waals surface area contributed by atoms with Gasteiger partial charge in [-0.1, -0.05) is 0 Å². The molecule has 0 saturated heterocycles. The first kappa shape index (κ1) is 25.2. The number of nitrogens with zero attached hydrogens (tertiary/aromatic N) is 1. The molecule has 11 heteroatoms. The van der Waals surface area contributed by atoms with Crippen LogP contribution in [0.4, 0.5) is 0 Å². The Morgan fingerprint density at radius 3 is 2.12 bits per heavy atom. The van der Waals surface area contributed by atoms with E-state index in [2.05, 4.69) is 11.1 Å². The summed E-state index contributed by atoms with van der Waals surface area (Å²) < 4.78 is 10.3. The van der Waals surface area contributed by atoms with Crippen molar-refractivity contribution in [3.05, 3.63) is 0 Å². The molecule has 4 atom stereocenters. The van der Waals surface area contributed by atoms with E-state index < -0.39 is 36.9 Å². The Balaban J connectivity index is 0. The second kappa shape index (κ2) is 13.2. The number of carbonyl (C=O) groups excluding carboxylic acids is 2. The van der Waals surface area contributed by atoms with Gasteiger partial charge in [0.1, 0.15) is 30.6 Å². The molecule has 0 aliphatic heterocycles. The van der Waals surface area contributed by atoms with Crippen molar-refractivity contribution >= 4 is 20.1 Å². The van der Waals surface area contributed by atoms with Crippen LogP contribution in [0.1, 0.15) is 6.92 Å². The molecule has 0 spiro atoms. The van der Waals surface area contributed by atoms with Gasteiger partial charge < -0.3 is 30.5 Å². The molecule has 0 heterocycles. The van der Waals surface area contributed by atoms with Crippen LogP contribution < -0.4 is 5.32 Å². The fourth-order valence-corrected chi connectivity index (χ4v) is 1.71. The van der Waals surface area contributed by atoms with E-state index in [1.165, 1.54) is 0 Å². The van der Waals surface area contributed by atoms with Crippen LogP contribution in [0.5, 0.6) is 0 Å². The zero-order valence-corrected chi connectivity index (χ0v) is 14.8. The molecule has 0 aliphatic rings. The van der Waals surface area contributed by atoms with Crippen molar-refractivity contribution in [3.63, 3.8) is 0 Å². The Kier molecular flexibility index (Phi) is 13.9. The number of nitrogens with one attached hydrogen (secondary N) is 1. The minimum atomic E-state index is -1.71. The third kappa shape index (κ3) is 11.4. The summed E-state index contributed by atoms with van der Waals surface area (Å²) in [6, 6.07) is -1.32. The van der Waals surface area contributed by atoms with E-state index in [4.69, 9.17) is 15.3 Å². The molecule has 0 radical (unpaired) electrons. The van der Waals surface area contributed by atoms with E-state index in [-0.39, 0.29) is 20.8 Å². The zero-order valence-electron chi connectivity index (χ0n) is 13.9. The van der Waals surface area contributed by atoms with Crippen molar-refractivity contribution in [2.24, 2.45) is 0 Å². The van der Waals surface area contributed by atoms with Gasteiger partial charge >= 0.3 is 55.1 Å². The Labute approximate surface area is 141 Å². The van der Waals surface area contributed by atoms with Crippen LogP contribution in [0.3, 0.4) is 0 Å². The van der Waals surface area contributed by atoms with Crippen molar-refractivity contribution in [2.45, 2.75) is 31.3 Å². The maximum absolute atomic E-state index is 10.6. The summed E-state index contributed by atoms with van der Waals surface area (Å²) in [6.45, 7) is 1.02. The van der Waals surface area contributed by atoms with Gasteiger partial charge in [-0.2, -0.15) is 0 Å². The normalized spacial score (nSPS) is 15.7. The number of rotatable bonds is 8. The number of likely N-dealkylation sites (N-methyl/N-ethyl adjacent to an activating group) is 1. The standard InChI is InChI=1S/C8H15NO6.C5H11NO2P/c1-4(12)9-5(2-10)7(14)8(15)6(13)3-11;1-6(2,3-4-7)5-9-8/h2,5-8,11,13-15H,3H2,1H3,(H,9,12);7H,3-4H2,1-2H3/q;+1/t5-,6+,7+,8-;/m0./s1. The summed E-state index contributed by atoms with van der Waals surface area (Å²) in [6.07, 6.45) is -4.72. The number of quaternary nitrogens is 1. The Morgan fingerprint density at radius 2 is 1.79 bits per heavy atom. The molecule has 0 aromatic rings. The van der Waals surface area contributed by atoms with E-state index in [9.17, 15) is 24.4 Å². The van der Waals surface area contributed by atoms with Crippen LogP contribution in [0.2, 0.25) is 0 Å². The molecular weight excluding hydrogens is 343 g/mol. The molecule has 0 aromatic carbocycles. The summed E-state index contributed by atoms with van der Waals surface area (Å²) >= 11 is 0. The number of aliphatic hydroxyl groups excluding tert-OH is 5. The van der Waals surface area contributed by atoms with Crippen molar-refractivity contribution < 1.29 is 44.2 Å². The fraction of sp³-hybridized carbons (Fsp3) is 0.769. The molecule has 10 nitrogen and oxygen atoms in total. The maximum atomic E-state index is 10.6. The average molecular weight is 369 g/mol. The number of hydrogen-bond acceptors (Lipinski definition) is 8. The molecule has 0 unspecified atom stereocenters. The third-order valence-electron chi connectivity index (χ3n) is 2.79. The molecule has 0 fully saturated rings. The summed E-state index contributed by atoms with van der Waals surface area (Å²) in [7, 11) is 3.54. The molecule has 1 amide bonds. The van der Waals surface area contributed by atoms with Gasteiger partial charge in [0.2, 0.25) is 5.91 Å². The monoisotopic (exact) mass is 369 g/mol. The first-order valence-corrected chi connectivity index (χ1v) is 7.78. The molecule has 0 aliphatic carbocycles. The topological polar surface area (TPSA) is 164 Å². The summed E-state index contributed by atoms with van der Waals surface area (Å²) in [5.41, 5.74) is 0. The van der Waals surface area contributed by atoms with Crippen molar-refractivity contribution in [1.29, 1.82) is 0 Å². The summed E-state index contributed by atoms with van der Waals surface area (Å²) in [4.78, 5) is 21.1. The Bertz CT molecular complexity index is 481. The Morgan fingerprint density at radius 1 is 1.25 bits per heavy atom. The van der Waals surface area contributed by atoms with Gasteiger partial charge in [0.25, 0.3) is 0 Å². The Hall–Kier alpha value is -1.09. The first-order valence-electron chi connectivity index (χ1n) is 6.97. The third-order valence-corrected chi connectivity index (χ3v) is 3.41.